The van der Waals surface area contributed by atoms with Crippen LogP contribution in [0.25, 0.3) is 0 Å². The Bertz CT molecular complexity index is 300. The van der Waals surface area contributed by atoms with E-state index in [0.29, 0.717) is 0 Å². The Morgan fingerprint density at radius 1 is 1.42 bits per heavy atom. The van der Waals surface area contributed by atoms with Gasteiger partial charge in [-0.15, -0.1) is 0 Å². The molecule has 0 saturated heterocycles. The van der Waals surface area contributed by atoms with Crippen LogP contribution in [0.4, 0.5) is 0 Å². The lowest BCUT2D eigenvalue weighted by atomic mass is 10.1. The van der Waals surface area contributed by atoms with Crippen molar-refractivity contribution in [3.63, 3.8) is 0 Å². The number of rotatable bonds is 3. The van der Waals surface area contributed by atoms with Gasteiger partial charge < -0.3 is 5.73 Å². The molecule has 1 atom stereocenters. The third-order valence-electron chi connectivity index (χ3n) is 1.52. The van der Waals surface area contributed by atoms with Crippen molar-refractivity contribution in [1.29, 1.82) is 0 Å². The van der Waals surface area contributed by atoms with Crippen LogP contribution >= 0.6 is 0 Å². The molecule has 12 heavy (non-hydrogen) atoms. The summed E-state index contributed by atoms with van der Waals surface area (Å²) >= 11 is 0. The fourth-order valence-corrected chi connectivity index (χ4v) is 1.45. The SMILES string of the molecule is NC(C[SH](=O)=O)c1cc[c]cc1. The third-order valence-corrected chi connectivity index (χ3v) is 2.21. The molecule has 0 aliphatic carbocycles. The van der Waals surface area contributed by atoms with Crippen LogP contribution in [0.5, 0.6) is 0 Å². The van der Waals surface area contributed by atoms with Crippen molar-refractivity contribution >= 4 is 10.7 Å². The van der Waals surface area contributed by atoms with E-state index in [-0.39, 0.29) is 5.75 Å². The van der Waals surface area contributed by atoms with Gasteiger partial charge >= 0.3 is 0 Å². The molecule has 0 heterocycles. The average molecular weight is 184 g/mol. The van der Waals surface area contributed by atoms with Crippen molar-refractivity contribution in [3.8, 4) is 0 Å². The highest BCUT2D eigenvalue weighted by molar-refractivity contribution is 7.72. The second-order valence-electron chi connectivity index (χ2n) is 2.46. The van der Waals surface area contributed by atoms with Crippen molar-refractivity contribution in [2.45, 2.75) is 6.04 Å². The minimum absolute atomic E-state index is 0.000648. The molecule has 0 spiro atoms. The predicted octanol–water partition coefficient (Wildman–Crippen LogP) is 0.0980. The zero-order chi connectivity index (χ0) is 8.97. The molecule has 3 nitrogen and oxygen atoms in total. The summed E-state index contributed by atoms with van der Waals surface area (Å²) in [5, 5.41) is 0. The Kier molecular flexibility index (Phi) is 3.25. The van der Waals surface area contributed by atoms with Gasteiger partial charge in [0.15, 0.2) is 0 Å². The summed E-state index contributed by atoms with van der Waals surface area (Å²) in [5.74, 6) is -0.000648. The van der Waals surface area contributed by atoms with E-state index in [1.165, 1.54) is 0 Å². The fraction of sp³-hybridized carbons (Fsp3) is 0.250. The van der Waals surface area contributed by atoms with Gasteiger partial charge in [-0.05, 0) is 11.6 Å². The quantitative estimate of drug-likeness (QED) is 0.655. The molecular formula is C8H10NO2S. The molecule has 1 unspecified atom stereocenters. The van der Waals surface area contributed by atoms with Crippen LogP contribution in [0.15, 0.2) is 24.3 Å². The Hall–Kier alpha value is -0.870. The van der Waals surface area contributed by atoms with E-state index < -0.39 is 16.7 Å². The van der Waals surface area contributed by atoms with E-state index in [0.717, 1.165) is 5.56 Å². The topological polar surface area (TPSA) is 60.2 Å². The van der Waals surface area contributed by atoms with Gasteiger partial charge in [-0.25, -0.2) is 8.42 Å². The lowest BCUT2D eigenvalue weighted by Gasteiger charge is -2.06. The zero-order valence-corrected chi connectivity index (χ0v) is 7.33. The molecule has 0 aliphatic rings. The van der Waals surface area contributed by atoms with Gasteiger partial charge in [0.1, 0.15) is 10.7 Å². The minimum Gasteiger partial charge on any atom is -0.323 e. The van der Waals surface area contributed by atoms with Gasteiger partial charge in [0, 0.05) is 6.04 Å². The van der Waals surface area contributed by atoms with Crippen molar-refractivity contribution in [1.82, 2.24) is 0 Å². The summed E-state index contributed by atoms with van der Waals surface area (Å²) in [6, 6.07) is 9.38. The maximum absolute atomic E-state index is 10.3. The Morgan fingerprint density at radius 3 is 2.50 bits per heavy atom. The number of nitrogens with two attached hydrogens (primary N) is 1. The summed E-state index contributed by atoms with van der Waals surface area (Å²) in [7, 11) is -2.40. The Labute approximate surface area is 73.2 Å². The van der Waals surface area contributed by atoms with Crippen LogP contribution in [0.3, 0.4) is 0 Å². The molecule has 0 saturated carbocycles. The summed E-state index contributed by atoms with van der Waals surface area (Å²) in [6.07, 6.45) is 0. The highest BCUT2D eigenvalue weighted by atomic mass is 32.2. The molecule has 4 heteroatoms. The maximum atomic E-state index is 10.3. The zero-order valence-electron chi connectivity index (χ0n) is 6.43. The molecular weight excluding hydrogens is 174 g/mol. The van der Waals surface area contributed by atoms with E-state index in [2.05, 4.69) is 6.07 Å². The lowest BCUT2D eigenvalue weighted by molar-refractivity contribution is 0.608. The first-order valence-electron chi connectivity index (χ1n) is 3.53. The average Bonchev–Trinajstić information content (AvgIpc) is 2.05. The molecule has 1 radical (unpaired) electrons. The van der Waals surface area contributed by atoms with Crippen molar-refractivity contribution in [2.24, 2.45) is 5.73 Å². The van der Waals surface area contributed by atoms with Gasteiger partial charge in [0.25, 0.3) is 0 Å². The van der Waals surface area contributed by atoms with Gasteiger partial charge in [-0.2, -0.15) is 0 Å². The van der Waals surface area contributed by atoms with Crippen LogP contribution < -0.4 is 5.73 Å². The highest BCUT2D eigenvalue weighted by Gasteiger charge is 2.05. The van der Waals surface area contributed by atoms with E-state index >= 15 is 0 Å². The molecule has 0 amide bonds. The van der Waals surface area contributed by atoms with Gasteiger partial charge in [0.2, 0.25) is 0 Å². The second kappa shape index (κ2) is 4.23. The standard InChI is InChI=1S/C8H10NO2S/c9-8(6-12(10)11)7-4-2-1-3-5-7/h2-5,8,12H,6,9H2. The molecule has 0 bridgehead atoms. The number of hydrogen-bond acceptors (Lipinski definition) is 3. The molecule has 1 aromatic carbocycles. The molecule has 65 valence electrons. The van der Waals surface area contributed by atoms with E-state index in [1.54, 1.807) is 24.3 Å². The first kappa shape index (κ1) is 9.22. The Balaban J connectivity index is 2.71. The Morgan fingerprint density at radius 2 is 2.00 bits per heavy atom. The number of thiol groups is 1. The number of benzene rings is 1. The van der Waals surface area contributed by atoms with Gasteiger partial charge in [0.05, 0.1) is 5.75 Å². The van der Waals surface area contributed by atoms with Gasteiger partial charge in [-0.3, -0.25) is 0 Å². The van der Waals surface area contributed by atoms with Crippen LogP contribution in [-0.4, -0.2) is 14.2 Å². The fourth-order valence-electron chi connectivity index (χ4n) is 0.913. The van der Waals surface area contributed by atoms with Crippen LogP contribution in [0.2, 0.25) is 0 Å². The highest BCUT2D eigenvalue weighted by Crippen LogP contribution is 2.08. The molecule has 0 aliphatic heterocycles. The summed E-state index contributed by atoms with van der Waals surface area (Å²) < 4.78 is 20.7. The van der Waals surface area contributed by atoms with Crippen LogP contribution in [-0.2, 0) is 10.7 Å². The lowest BCUT2D eigenvalue weighted by Crippen LogP contribution is -2.15. The monoisotopic (exact) mass is 184 g/mol. The molecule has 0 fully saturated rings. The molecule has 2 N–H and O–H groups in total. The maximum Gasteiger partial charge on any atom is 0.142 e. The summed E-state index contributed by atoms with van der Waals surface area (Å²) in [5.41, 5.74) is 6.43. The molecule has 0 aromatic heterocycles. The van der Waals surface area contributed by atoms with Crippen molar-refractivity contribution < 1.29 is 8.42 Å². The van der Waals surface area contributed by atoms with Gasteiger partial charge in [-0.1, -0.05) is 24.3 Å². The normalized spacial score (nSPS) is 13.2. The van der Waals surface area contributed by atoms with Crippen molar-refractivity contribution in [2.75, 3.05) is 5.75 Å². The second-order valence-corrected chi connectivity index (χ2v) is 3.49. The molecule has 1 rings (SSSR count). The number of hydrogen-bond donors (Lipinski definition) is 2. The predicted molar refractivity (Wildman–Crippen MR) is 47.4 cm³/mol. The third kappa shape index (κ3) is 2.64. The van der Waals surface area contributed by atoms with E-state index in [9.17, 15) is 8.42 Å². The van der Waals surface area contributed by atoms with E-state index in [1.807, 2.05) is 0 Å². The first-order valence-corrected chi connectivity index (χ1v) is 4.90. The smallest absolute Gasteiger partial charge is 0.142 e. The summed E-state index contributed by atoms with van der Waals surface area (Å²) in [4.78, 5) is 0. The largest absolute Gasteiger partial charge is 0.323 e. The first-order chi connectivity index (χ1) is 5.70. The van der Waals surface area contributed by atoms with Crippen molar-refractivity contribution in [3.05, 3.63) is 35.9 Å². The molecule has 1 aromatic rings. The van der Waals surface area contributed by atoms with Crippen LogP contribution in [0, 0.1) is 6.07 Å². The van der Waals surface area contributed by atoms with E-state index in [4.69, 9.17) is 5.73 Å². The summed E-state index contributed by atoms with van der Waals surface area (Å²) in [6.45, 7) is 0. The van der Waals surface area contributed by atoms with Crippen LogP contribution in [0.1, 0.15) is 11.6 Å². The minimum atomic E-state index is -2.40.